The zero-order valence-corrected chi connectivity index (χ0v) is 7.24. The molecule has 70 valence electrons. The van der Waals surface area contributed by atoms with Crippen molar-refractivity contribution in [1.82, 2.24) is 5.32 Å². The van der Waals surface area contributed by atoms with E-state index in [0.29, 0.717) is 12.2 Å². The van der Waals surface area contributed by atoms with Gasteiger partial charge in [-0.2, -0.15) is 0 Å². The molecule has 1 rings (SSSR count). The number of nitrogens with two attached hydrogens (primary N) is 1. The molecule has 0 aromatic heterocycles. The number of hydrogen-bond donors (Lipinski definition) is 4. The Kier molecular flexibility index (Phi) is 4.01. The topological polar surface area (TPSA) is 78.5 Å². The van der Waals surface area contributed by atoms with Gasteiger partial charge in [0.05, 0.1) is 0 Å². The molecular formula is C7H17BN2O2. The van der Waals surface area contributed by atoms with Crippen molar-refractivity contribution in [3.63, 3.8) is 0 Å². The summed E-state index contributed by atoms with van der Waals surface area (Å²) in [5.41, 5.74) is 5.81. The molecule has 1 saturated heterocycles. The van der Waals surface area contributed by atoms with Gasteiger partial charge in [-0.1, -0.05) is 6.42 Å². The summed E-state index contributed by atoms with van der Waals surface area (Å²) in [7, 11) is -1.16. The van der Waals surface area contributed by atoms with Crippen LogP contribution in [0.3, 0.4) is 0 Å². The lowest BCUT2D eigenvalue weighted by molar-refractivity contribution is 0.393. The Hall–Kier alpha value is -0.0951. The Morgan fingerprint density at radius 1 is 1.42 bits per heavy atom. The van der Waals surface area contributed by atoms with Crippen molar-refractivity contribution >= 4 is 7.12 Å². The van der Waals surface area contributed by atoms with Crippen LogP contribution in [0.5, 0.6) is 0 Å². The normalized spacial score (nSPS) is 29.2. The molecule has 0 aliphatic carbocycles. The Morgan fingerprint density at radius 2 is 2.17 bits per heavy atom. The van der Waals surface area contributed by atoms with Gasteiger partial charge in [-0.25, -0.2) is 0 Å². The van der Waals surface area contributed by atoms with Crippen molar-refractivity contribution in [2.45, 2.75) is 25.2 Å². The lowest BCUT2D eigenvalue weighted by atomic mass is 9.82. The van der Waals surface area contributed by atoms with Crippen molar-refractivity contribution in [2.24, 2.45) is 11.7 Å². The third kappa shape index (κ3) is 3.10. The van der Waals surface area contributed by atoms with E-state index in [9.17, 15) is 0 Å². The molecule has 1 aliphatic rings. The van der Waals surface area contributed by atoms with Crippen LogP contribution in [0.25, 0.3) is 0 Å². The van der Waals surface area contributed by atoms with Gasteiger partial charge in [0.2, 0.25) is 0 Å². The predicted octanol–water partition coefficient (Wildman–Crippen LogP) is -1.21. The fourth-order valence-corrected chi connectivity index (χ4v) is 1.63. The van der Waals surface area contributed by atoms with E-state index in [0.717, 1.165) is 25.9 Å². The zero-order chi connectivity index (χ0) is 8.97. The summed E-state index contributed by atoms with van der Waals surface area (Å²) in [5, 5.41) is 20.4. The molecule has 0 radical (unpaired) electrons. The van der Waals surface area contributed by atoms with Crippen molar-refractivity contribution in [1.29, 1.82) is 0 Å². The monoisotopic (exact) mass is 172 g/mol. The van der Waals surface area contributed by atoms with Crippen molar-refractivity contribution in [3.05, 3.63) is 0 Å². The summed E-state index contributed by atoms with van der Waals surface area (Å²) >= 11 is 0. The molecule has 1 fully saturated rings. The van der Waals surface area contributed by atoms with Crippen LogP contribution < -0.4 is 11.1 Å². The highest BCUT2D eigenvalue weighted by Crippen LogP contribution is 2.15. The predicted molar refractivity (Wildman–Crippen MR) is 48.6 cm³/mol. The molecule has 4 nitrogen and oxygen atoms in total. The second kappa shape index (κ2) is 4.82. The van der Waals surface area contributed by atoms with Crippen LogP contribution in [0, 0.1) is 5.92 Å². The van der Waals surface area contributed by atoms with E-state index in [-0.39, 0.29) is 6.04 Å². The van der Waals surface area contributed by atoms with Crippen LogP contribution in [0.1, 0.15) is 12.8 Å². The zero-order valence-electron chi connectivity index (χ0n) is 7.24. The summed E-state index contributed by atoms with van der Waals surface area (Å²) in [6.07, 6.45) is 2.30. The maximum atomic E-state index is 8.60. The molecule has 1 aliphatic heterocycles. The summed E-state index contributed by atoms with van der Waals surface area (Å²) < 4.78 is 0. The first-order valence-corrected chi connectivity index (χ1v) is 4.52. The fraction of sp³-hybridized carbons (Fsp3) is 1.00. The average Bonchev–Trinajstić information content (AvgIpc) is 2.36. The molecule has 12 heavy (non-hydrogen) atoms. The summed E-state index contributed by atoms with van der Waals surface area (Å²) in [6, 6.07) is 0.251. The molecule has 0 bridgehead atoms. The molecule has 5 heteroatoms. The molecule has 1 heterocycles. The third-order valence-corrected chi connectivity index (χ3v) is 2.43. The lowest BCUT2D eigenvalue weighted by Gasteiger charge is -2.12. The standard InChI is InChI=1S/C7H17BN2O2/c9-7-5-10-4-6(7)2-1-3-8(11)12/h6-7,10-12H,1-5,9H2/t6-,7+/m1/s1. The highest BCUT2D eigenvalue weighted by molar-refractivity contribution is 6.40. The van der Waals surface area contributed by atoms with E-state index < -0.39 is 7.12 Å². The Bertz CT molecular complexity index is 135. The first-order chi connectivity index (χ1) is 5.70. The molecule has 0 saturated carbocycles. The van der Waals surface area contributed by atoms with Crippen LogP contribution in [0.4, 0.5) is 0 Å². The molecule has 0 aromatic carbocycles. The number of nitrogens with one attached hydrogen (secondary N) is 1. The minimum Gasteiger partial charge on any atom is -0.427 e. The molecule has 0 unspecified atom stereocenters. The molecular weight excluding hydrogens is 155 g/mol. The minimum atomic E-state index is -1.16. The van der Waals surface area contributed by atoms with Crippen molar-refractivity contribution < 1.29 is 10.0 Å². The largest absolute Gasteiger partial charge is 0.451 e. The first kappa shape index (κ1) is 9.99. The smallest absolute Gasteiger partial charge is 0.427 e. The average molecular weight is 172 g/mol. The van der Waals surface area contributed by atoms with E-state index in [2.05, 4.69) is 5.32 Å². The quantitative estimate of drug-likeness (QED) is 0.401. The van der Waals surface area contributed by atoms with Gasteiger partial charge in [0, 0.05) is 12.6 Å². The van der Waals surface area contributed by atoms with Crippen LogP contribution in [0.15, 0.2) is 0 Å². The summed E-state index contributed by atoms with van der Waals surface area (Å²) in [4.78, 5) is 0. The first-order valence-electron chi connectivity index (χ1n) is 4.52. The lowest BCUT2D eigenvalue weighted by Crippen LogP contribution is -2.29. The van der Waals surface area contributed by atoms with Crippen LogP contribution >= 0.6 is 0 Å². The highest BCUT2D eigenvalue weighted by atomic mass is 16.4. The van der Waals surface area contributed by atoms with Crippen molar-refractivity contribution in [2.75, 3.05) is 13.1 Å². The number of hydrogen-bond acceptors (Lipinski definition) is 4. The minimum absolute atomic E-state index is 0.251. The van der Waals surface area contributed by atoms with E-state index in [1.807, 2.05) is 0 Å². The van der Waals surface area contributed by atoms with E-state index in [4.69, 9.17) is 15.8 Å². The van der Waals surface area contributed by atoms with Gasteiger partial charge in [-0.15, -0.1) is 0 Å². The summed E-state index contributed by atoms with van der Waals surface area (Å²) in [5.74, 6) is 0.517. The van der Waals surface area contributed by atoms with Gasteiger partial charge >= 0.3 is 7.12 Å². The van der Waals surface area contributed by atoms with Gasteiger partial charge in [0.25, 0.3) is 0 Å². The van der Waals surface area contributed by atoms with Gasteiger partial charge in [0.1, 0.15) is 0 Å². The fourth-order valence-electron chi connectivity index (χ4n) is 1.63. The van der Waals surface area contributed by atoms with Crippen LogP contribution in [0.2, 0.25) is 6.32 Å². The van der Waals surface area contributed by atoms with E-state index in [1.54, 1.807) is 0 Å². The maximum absolute atomic E-state index is 8.60. The number of rotatable bonds is 4. The second-order valence-corrected chi connectivity index (χ2v) is 3.49. The molecule has 0 aromatic rings. The third-order valence-electron chi connectivity index (χ3n) is 2.43. The molecule has 0 amide bonds. The van der Waals surface area contributed by atoms with Crippen LogP contribution in [-0.4, -0.2) is 36.3 Å². The SMILES string of the molecule is N[C@H]1CNC[C@H]1CCCB(O)O. The van der Waals surface area contributed by atoms with Crippen molar-refractivity contribution in [3.8, 4) is 0 Å². The Labute approximate surface area is 73.3 Å². The van der Waals surface area contributed by atoms with E-state index >= 15 is 0 Å². The van der Waals surface area contributed by atoms with Gasteiger partial charge in [-0.3, -0.25) is 0 Å². The van der Waals surface area contributed by atoms with Gasteiger partial charge < -0.3 is 21.1 Å². The van der Waals surface area contributed by atoms with E-state index in [1.165, 1.54) is 0 Å². The highest BCUT2D eigenvalue weighted by Gasteiger charge is 2.23. The summed E-state index contributed by atoms with van der Waals surface area (Å²) in [6.45, 7) is 1.87. The Morgan fingerprint density at radius 3 is 2.67 bits per heavy atom. The molecule has 5 N–H and O–H groups in total. The molecule has 0 spiro atoms. The van der Waals surface area contributed by atoms with Crippen LogP contribution in [-0.2, 0) is 0 Å². The molecule has 2 atom stereocenters. The van der Waals surface area contributed by atoms with Gasteiger partial charge in [0.15, 0.2) is 0 Å². The second-order valence-electron chi connectivity index (χ2n) is 3.49. The maximum Gasteiger partial charge on any atom is 0.451 e. The Balaban J connectivity index is 2.06. The van der Waals surface area contributed by atoms with Gasteiger partial charge in [-0.05, 0) is 25.2 Å².